The molecular weight excluding hydrogens is 418 g/mol. The van der Waals surface area contributed by atoms with E-state index in [1.54, 1.807) is 13.0 Å². The fraction of sp³-hybridized carbons (Fsp3) is 0.0870. The van der Waals surface area contributed by atoms with Crippen molar-refractivity contribution in [2.24, 2.45) is 0 Å². The summed E-state index contributed by atoms with van der Waals surface area (Å²) in [6.07, 6.45) is 2.87. The van der Waals surface area contributed by atoms with Crippen LogP contribution in [0.1, 0.15) is 21.6 Å². The van der Waals surface area contributed by atoms with Gasteiger partial charge in [-0.25, -0.2) is 18.6 Å². The van der Waals surface area contributed by atoms with Gasteiger partial charge in [-0.3, -0.25) is 4.79 Å². The maximum atomic E-state index is 14.8. The van der Waals surface area contributed by atoms with Crippen LogP contribution in [0.15, 0.2) is 53.7 Å². The molecule has 3 aromatic heterocycles. The van der Waals surface area contributed by atoms with Crippen LogP contribution in [0, 0.1) is 18.6 Å². The van der Waals surface area contributed by atoms with Crippen molar-refractivity contribution in [2.45, 2.75) is 13.5 Å². The summed E-state index contributed by atoms with van der Waals surface area (Å²) in [6, 6.07) is 8.58. The zero-order valence-corrected chi connectivity index (χ0v) is 16.7. The molecule has 9 heteroatoms. The molecule has 3 N–H and O–H groups in total. The smallest absolute Gasteiger partial charge is 0.353 e. The van der Waals surface area contributed by atoms with Gasteiger partial charge in [0.15, 0.2) is 0 Å². The van der Waals surface area contributed by atoms with Gasteiger partial charge in [-0.15, -0.1) is 0 Å². The summed E-state index contributed by atoms with van der Waals surface area (Å²) in [4.78, 5) is 34.3. The Hall–Kier alpha value is -4.27. The Bertz CT molecular complexity index is 1600. The number of fused-ring (bicyclic) bond motifs is 2. The predicted octanol–water partition coefficient (Wildman–Crippen LogP) is 4.21. The summed E-state index contributed by atoms with van der Waals surface area (Å²) >= 11 is 0. The maximum Gasteiger partial charge on any atom is 0.353 e. The van der Waals surface area contributed by atoms with E-state index in [-0.39, 0.29) is 34.4 Å². The number of rotatable bonds is 4. The Morgan fingerprint density at radius 2 is 1.97 bits per heavy atom. The second-order valence-electron chi connectivity index (χ2n) is 7.51. The average molecular weight is 434 g/mol. The fourth-order valence-electron chi connectivity index (χ4n) is 4.05. The molecule has 3 heterocycles. The summed E-state index contributed by atoms with van der Waals surface area (Å²) in [5, 5.41) is 10.5. The number of pyridine rings is 1. The van der Waals surface area contributed by atoms with Crippen LogP contribution in [0.2, 0.25) is 0 Å². The van der Waals surface area contributed by atoms with E-state index in [4.69, 9.17) is 0 Å². The molecule has 0 radical (unpaired) electrons. The van der Waals surface area contributed by atoms with E-state index in [0.717, 1.165) is 0 Å². The van der Waals surface area contributed by atoms with Crippen molar-refractivity contribution in [1.29, 1.82) is 0 Å². The molecule has 0 spiro atoms. The number of aryl methyl sites for hydroxylation is 1. The highest BCUT2D eigenvalue weighted by molar-refractivity contribution is 6.08. The van der Waals surface area contributed by atoms with E-state index in [1.807, 2.05) is 0 Å². The Balaban J connectivity index is 1.85. The number of benzene rings is 2. The number of aromatic amines is 2. The lowest BCUT2D eigenvalue weighted by Crippen LogP contribution is -2.14. The molecule has 0 aliphatic carbocycles. The topological polar surface area (TPSA) is 104 Å². The third-order valence-corrected chi connectivity index (χ3v) is 5.55. The number of hydrogen-bond acceptors (Lipinski definition) is 3. The minimum absolute atomic E-state index is 0.129. The number of nitrogens with zero attached hydrogens (tertiary/aromatic N) is 2. The van der Waals surface area contributed by atoms with Gasteiger partial charge in [-0.1, -0.05) is 0 Å². The number of halogens is 2. The SMILES string of the molecule is Cc1cc2c(-c3ccc[nH]c3=O)c(C(=O)O)n(Cc3cc4[nH]cnc4cc3F)c2cc1F. The van der Waals surface area contributed by atoms with Gasteiger partial charge in [-0.2, -0.15) is 0 Å². The maximum absolute atomic E-state index is 14.8. The third kappa shape index (κ3) is 2.97. The molecule has 0 unspecified atom stereocenters. The molecule has 0 saturated carbocycles. The number of aromatic nitrogens is 4. The standard InChI is InChI=1S/C23H16F2N4O3/c1-11-5-14-19(8-15(11)24)29(9-12-6-17-18(7-16(12)25)28-10-27-17)21(23(31)32)20(14)13-3-2-4-26-22(13)30/h2-8,10H,9H2,1H3,(H,26,30)(H,27,28)(H,31,32). The van der Waals surface area contributed by atoms with Crippen molar-refractivity contribution in [1.82, 2.24) is 19.5 Å². The van der Waals surface area contributed by atoms with Crippen molar-refractivity contribution >= 4 is 27.9 Å². The number of carbonyl (C=O) groups is 1. The normalized spacial score (nSPS) is 11.5. The van der Waals surface area contributed by atoms with E-state index in [1.165, 1.54) is 47.4 Å². The van der Waals surface area contributed by atoms with Gasteiger partial charge in [0.2, 0.25) is 0 Å². The van der Waals surface area contributed by atoms with Gasteiger partial charge in [0, 0.05) is 34.3 Å². The molecule has 0 saturated heterocycles. The zero-order chi connectivity index (χ0) is 22.6. The van der Waals surface area contributed by atoms with Crippen LogP contribution >= 0.6 is 0 Å². The second kappa shape index (κ2) is 7.16. The monoisotopic (exact) mass is 434 g/mol. The number of H-pyrrole nitrogens is 2. The molecule has 0 atom stereocenters. The fourth-order valence-corrected chi connectivity index (χ4v) is 4.05. The molecule has 5 aromatic rings. The average Bonchev–Trinajstić information content (AvgIpc) is 3.31. The van der Waals surface area contributed by atoms with Gasteiger partial charge < -0.3 is 19.6 Å². The third-order valence-electron chi connectivity index (χ3n) is 5.55. The van der Waals surface area contributed by atoms with Crippen molar-refractivity contribution < 1.29 is 18.7 Å². The van der Waals surface area contributed by atoms with Crippen LogP contribution in [-0.4, -0.2) is 30.6 Å². The number of aromatic carboxylic acids is 1. The molecule has 7 nitrogen and oxygen atoms in total. The molecular formula is C23H16F2N4O3. The second-order valence-corrected chi connectivity index (χ2v) is 7.51. The van der Waals surface area contributed by atoms with Gasteiger partial charge >= 0.3 is 5.97 Å². The number of hydrogen-bond donors (Lipinski definition) is 3. The minimum Gasteiger partial charge on any atom is -0.477 e. The molecule has 0 fully saturated rings. The van der Waals surface area contributed by atoms with E-state index in [9.17, 15) is 23.5 Å². The lowest BCUT2D eigenvalue weighted by Gasteiger charge is -2.11. The molecule has 0 amide bonds. The molecule has 5 rings (SSSR count). The number of nitrogens with one attached hydrogen (secondary N) is 2. The highest BCUT2D eigenvalue weighted by Gasteiger charge is 2.26. The molecule has 32 heavy (non-hydrogen) atoms. The number of imidazole rings is 1. The summed E-state index contributed by atoms with van der Waals surface area (Å²) in [5.74, 6) is -2.43. The van der Waals surface area contributed by atoms with Crippen LogP contribution in [-0.2, 0) is 6.54 Å². The van der Waals surface area contributed by atoms with E-state index >= 15 is 0 Å². The highest BCUT2D eigenvalue weighted by atomic mass is 19.1. The molecule has 160 valence electrons. The Morgan fingerprint density at radius 3 is 2.72 bits per heavy atom. The van der Waals surface area contributed by atoms with Crippen LogP contribution in [0.3, 0.4) is 0 Å². The van der Waals surface area contributed by atoms with Gasteiger partial charge in [0.25, 0.3) is 5.56 Å². The van der Waals surface area contributed by atoms with Crippen LogP contribution in [0.25, 0.3) is 33.1 Å². The Labute approximate surface area is 179 Å². The van der Waals surface area contributed by atoms with Crippen molar-refractivity contribution in [2.75, 3.05) is 0 Å². The first-order chi connectivity index (χ1) is 15.3. The summed E-state index contributed by atoms with van der Waals surface area (Å²) in [5.41, 5.74) is 1.31. The largest absolute Gasteiger partial charge is 0.477 e. The Kier molecular flexibility index (Phi) is 4.40. The van der Waals surface area contributed by atoms with Crippen molar-refractivity contribution in [3.8, 4) is 11.1 Å². The molecule has 0 bridgehead atoms. The van der Waals surface area contributed by atoms with E-state index in [2.05, 4.69) is 15.0 Å². The predicted molar refractivity (Wildman–Crippen MR) is 115 cm³/mol. The summed E-state index contributed by atoms with van der Waals surface area (Å²) in [7, 11) is 0. The number of carboxylic acids is 1. The van der Waals surface area contributed by atoms with Gasteiger partial charge in [-0.05, 0) is 42.8 Å². The van der Waals surface area contributed by atoms with E-state index in [0.29, 0.717) is 22.0 Å². The molecule has 2 aromatic carbocycles. The summed E-state index contributed by atoms with van der Waals surface area (Å²) in [6.45, 7) is 1.36. The Morgan fingerprint density at radius 1 is 1.16 bits per heavy atom. The van der Waals surface area contributed by atoms with Crippen LogP contribution in [0.5, 0.6) is 0 Å². The molecule has 0 aliphatic rings. The zero-order valence-electron chi connectivity index (χ0n) is 16.7. The van der Waals surface area contributed by atoms with Crippen LogP contribution < -0.4 is 5.56 Å². The highest BCUT2D eigenvalue weighted by Crippen LogP contribution is 2.36. The van der Waals surface area contributed by atoms with Gasteiger partial charge in [0.1, 0.15) is 17.3 Å². The quantitative estimate of drug-likeness (QED) is 0.394. The first kappa shape index (κ1) is 19.7. The minimum atomic E-state index is -1.32. The van der Waals surface area contributed by atoms with E-state index < -0.39 is 23.2 Å². The summed E-state index contributed by atoms with van der Waals surface area (Å²) < 4.78 is 30.7. The molecule has 0 aliphatic heterocycles. The lowest BCUT2D eigenvalue weighted by molar-refractivity contribution is 0.0687. The van der Waals surface area contributed by atoms with Gasteiger partial charge in [0.05, 0.1) is 29.4 Å². The first-order valence-corrected chi connectivity index (χ1v) is 9.70. The van der Waals surface area contributed by atoms with Crippen molar-refractivity contribution in [3.05, 3.63) is 87.7 Å². The van der Waals surface area contributed by atoms with Crippen LogP contribution in [0.4, 0.5) is 8.78 Å². The number of carboxylic acid groups (broad SMARTS) is 1. The van der Waals surface area contributed by atoms with Crippen molar-refractivity contribution in [3.63, 3.8) is 0 Å². The lowest BCUT2D eigenvalue weighted by atomic mass is 10.0. The first-order valence-electron chi connectivity index (χ1n) is 9.70.